The van der Waals surface area contributed by atoms with Gasteiger partial charge in [-0.3, -0.25) is 0 Å². The van der Waals surface area contributed by atoms with Crippen molar-refractivity contribution in [1.82, 2.24) is 10.6 Å². The van der Waals surface area contributed by atoms with Gasteiger partial charge in [-0.25, -0.2) is 4.79 Å². The van der Waals surface area contributed by atoms with Crippen LogP contribution in [0.3, 0.4) is 0 Å². The van der Waals surface area contributed by atoms with Gasteiger partial charge in [0.15, 0.2) is 0 Å². The van der Waals surface area contributed by atoms with E-state index in [1.165, 1.54) is 0 Å². The fraction of sp³-hybridized carbons (Fsp3) is 0.533. The van der Waals surface area contributed by atoms with Gasteiger partial charge in [0.1, 0.15) is 0 Å². The van der Waals surface area contributed by atoms with Crippen molar-refractivity contribution in [3.8, 4) is 0 Å². The molecule has 4 unspecified atom stereocenters. The summed E-state index contributed by atoms with van der Waals surface area (Å²) in [6.07, 6.45) is 2.38. The van der Waals surface area contributed by atoms with Crippen LogP contribution in [-0.2, 0) is 4.74 Å². The van der Waals surface area contributed by atoms with Gasteiger partial charge in [0.25, 0.3) is 0 Å². The number of urea groups is 1. The van der Waals surface area contributed by atoms with E-state index in [0.717, 1.165) is 19.3 Å². The molecule has 2 amide bonds. The Morgan fingerprint density at radius 2 is 2.09 bits per heavy atom. The highest BCUT2D eigenvalue weighted by atomic mass is 35.5. The van der Waals surface area contributed by atoms with Crippen LogP contribution in [-0.4, -0.2) is 35.9 Å². The molecule has 120 valence electrons. The van der Waals surface area contributed by atoms with Crippen LogP contribution in [0, 0.1) is 0 Å². The number of nitrogens with one attached hydrogen (secondary N) is 2. The smallest absolute Gasteiger partial charge is 0.315 e. The molecule has 2 aliphatic rings. The molecule has 22 heavy (non-hydrogen) atoms. The van der Waals surface area contributed by atoms with Crippen LogP contribution in [0.15, 0.2) is 18.2 Å². The standard InChI is InChI=1S/C15H18Cl2N2O3/c16-9-2-1-3-10(17)14(9)12(20)7-18-15(21)19-11-6-8-4-5-13(11)22-8/h1-3,8,11-13,20H,4-7H2,(H2,18,19,21). The number of benzene rings is 1. The number of rotatable bonds is 4. The zero-order valence-electron chi connectivity index (χ0n) is 11.9. The van der Waals surface area contributed by atoms with E-state index < -0.39 is 6.10 Å². The van der Waals surface area contributed by atoms with Crippen molar-refractivity contribution < 1.29 is 14.6 Å². The number of aliphatic hydroxyl groups is 1. The third-order valence-electron chi connectivity index (χ3n) is 4.21. The van der Waals surface area contributed by atoms with Gasteiger partial charge in [-0.15, -0.1) is 0 Å². The second-order valence-corrected chi connectivity index (χ2v) is 6.54. The predicted octanol–water partition coefficient (Wildman–Crippen LogP) is 2.65. The molecule has 7 heteroatoms. The van der Waals surface area contributed by atoms with Crippen molar-refractivity contribution in [3.05, 3.63) is 33.8 Å². The Labute approximate surface area is 138 Å². The molecule has 2 saturated heterocycles. The van der Waals surface area contributed by atoms with E-state index in [1.54, 1.807) is 18.2 Å². The maximum Gasteiger partial charge on any atom is 0.315 e. The summed E-state index contributed by atoms with van der Waals surface area (Å²) in [5.74, 6) is 0. The van der Waals surface area contributed by atoms with Gasteiger partial charge < -0.3 is 20.5 Å². The molecular formula is C15H18Cl2N2O3. The minimum Gasteiger partial charge on any atom is -0.386 e. The third-order valence-corrected chi connectivity index (χ3v) is 4.87. The normalized spacial score (nSPS) is 27.7. The number of hydrogen-bond acceptors (Lipinski definition) is 3. The lowest BCUT2D eigenvalue weighted by Crippen LogP contribution is -2.47. The maximum absolute atomic E-state index is 11.9. The Hall–Kier alpha value is -1.01. The highest BCUT2D eigenvalue weighted by Gasteiger charge is 2.41. The number of halogens is 2. The molecular weight excluding hydrogens is 327 g/mol. The SMILES string of the molecule is O=C(NCC(O)c1c(Cl)cccc1Cl)NC1CC2CCC1O2. The molecule has 0 radical (unpaired) electrons. The number of carbonyl (C=O) groups excluding carboxylic acids is 1. The molecule has 3 N–H and O–H groups in total. The lowest BCUT2D eigenvalue weighted by atomic mass is 9.96. The Bertz CT molecular complexity index is 549. The van der Waals surface area contributed by atoms with Gasteiger partial charge >= 0.3 is 6.03 Å². The van der Waals surface area contributed by atoms with E-state index in [-0.39, 0.29) is 30.8 Å². The monoisotopic (exact) mass is 344 g/mol. The Kier molecular flexibility index (Phi) is 4.78. The van der Waals surface area contributed by atoms with Gasteiger partial charge in [0.05, 0.1) is 24.4 Å². The number of amides is 2. The van der Waals surface area contributed by atoms with Gasteiger partial charge in [0.2, 0.25) is 0 Å². The largest absolute Gasteiger partial charge is 0.386 e. The predicted molar refractivity (Wildman–Crippen MR) is 84.3 cm³/mol. The molecule has 1 aromatic rings. The summed E-state index contributed by atoms with van der Waals surface area (Å²) in [5, 5.41) is 16.5. The first kappa shape index (κ1) is 15.9. The van der Waals surface area contributed by atoms with Crippen LogP contribution in [0.5, 0.6) is 0 Å². The average Bonchev–Trinajstić information content (AvgIpc) is 3.07. The molecule has 1 aromatic carbocycles. The van der Waals surface area contributed by atoms with Crippen molar-refractivity contribution >= 4 is 29.2 Å². The zero-order chi connectivity index (χ0) is 15.7. The second-order valence-electron chi connectivity index (χ2n) is 5.72. The second kappa shape index (κ2) is 6.62. The first-order valence-corrected chi connectivity index (χ1v) is 8.12. The summed E-state index contributed by atoms with van der Waals surface area (Å²) in [6.45, 7) is 0.0386. The van der Waals surface area contributed by atoms with Crippen LogP contribution in [0.2, 0.25) is 10.0 Å². The Morgan fingerprint density at radius 3 is 2.68 bits per heavy atom. The van der Waals surface area contributed by atoms with Crippen molar-refractivity contribution in [3.63, 3.8) is 0 Å². The van der Waals surface area contributed by atoms with Crippen LogP contribution < -0.4 is 10.6 Å². The molecule has 4 atom stereocenters. The van der Waals surface area contributed by atoms with E-state index in [4.69, 9.17) is 27.9 Å². The number of fused-ring (bicyclic) bond motifs is 2. The van der Waals surface area contributed by atoms with Gasteiger partial charge in [0, 0.05) is 22.2 Å². The summed E-state index contributed by atoms with van der Waals surface area (Å²) in [4.78, 5) is 11.9. The molecule has 2 aliphatic heterocycles. The van der Waals surface area contributed by atoms with Crippen molar-refractivity contribution in [2.24, 2.45) is 0 Å². The van der Waals surface area contributed by atoms with E-state index in [1.807, 2.05) is 0 Å². The first-order chi connectivity index (χ1) is 10.5. The molecule has 0 aromatic heterocycles. The molecule has 0 aliphatic carbocycles. The number of carbonyl (C=O) groups is 1. The van der Waals surface area contributed by atoms with E-state index in [0.29, 0.717) is 15.6 Å². The molecule has 2 bridgehead atoms. The quantitative estimate of drug-likeness (QED) is 0.786. The number of aliphatic hydroxyl groups excluding tert-OH is 1. The lowest BCUT2D eigenvalue weighted by molar-refractivity contribution is 0.0979. The Balaban J connectivity index is 1.50. The summed E-state index contributed by atoms with van der Waals surface area (Å²) >= 11 is 12.1. The van der Waals surface area contributed by atoms with Crippen LogP contribution in [0.4, 0.5) is 4.79 Å². The van der Waals surface area contributed by atoms with E-state index in [2.05, 4.69) is 10.6 Å². The molecule has 2 fully saturated rings. The van der Waals surface area contributed by atoms with Crippen LogP contribution in [0.1, 0.15) is 30.9 Å². The summed E-state index contributed by atoms with van der Waals surface area (Å²) in [5.41, 5.74) is 0.425. The van der Waals surface area contributed by atoms with E-state index >= 15 is 0 Å². The third kappa shape index (κ3) is 3.33. The van der Waals surface area contributed by atoms with Gasteiger partial charge in [-0.1, -0.05) is 29.3 Å². The topological polar surface area (TPSA) is 70.6 Å². The average molecular weight is 345 g/mol. The zero-order valence-corrected chi connectivity index (χ0v) is 13.4. The fourth-order valence-electron chi connectivity index (χ4n) is 3.13. The van der Waals surface area contributed by atoms with Crippen molar-refractivity contribution in [1.29, 1.82) is 0 Å². The van der Waals surface area contributed by atoms with Crippen LogP contribution in [0.25, 0.3) is 0 Å². The van der Waals surface area contributed by atoms with Crippen LogP contribution >= 0.6 is 23.2 Å². The van der Waals surface area contributed by atoms with Gasteiger partial charge in [-0.05, 0) is 31.4 Å². The highest BCUT2D eigenvalue weighted by Crippen LogP contribution is 2.34. The Morgan fingerprint density at radius 1 is 1.36 bits per heavy atom. The molecule has 5 nitrogen and oxygen atoms in total. The number of hydrogen-bond donors (Lipinski definition) is 3. The number of ether oxygens (including phenoxy) is 1. The first-order valence-electron chi connectivity index (χ1n) is 7.36. The summed E-state index contributed by atoms with van der Waals surface area (Å²) < 4.78 is 5.69. The van der Waals surface area contributed by atoms with Crippen molar-refractivity contribution in [2.75, 3.05) is 6.54 Å². The van der Waals surface area contributed by atoms with E-state index in [9.17, 15) is 9.90 Å². The maximum atomic E-state index is 11.9. The summed E-state index contributed by atoms with van der Waals surface area (Å²) in [6, 6.07) is 4.75. The molecule has 0 spiro atoms. The highest BCUT2D eigenvalue weighted by molar-refractivity contribution is 6.36. The molecule has 2 heterocycles. The minimum atomic E-state index is -0.955. The molecule has 3 rings (SSSR count). The summed E-state index contributed by atoms with van der Waals surface area (Å²) in [7, 11) is 0. The van der Waals surface area contributed by atoms with Gasteiger partial charge in [-0.2, -0.15) is 0 Å². The minimum absolute atomic E-state index is 0.0386. The molecule has 0 saturated carbocycles. The van der Waals surface area contributed by atoms with Crippen molar-refractivity contribution in [2.45, 2.75) is 43.6 Å². The fourth-order valence-corrected chi connectivity index (χ4v) is 3.78. The lowest BCUT2D eigenvalue weighted by Gasteiger charge is -2.21.